The lowest BCUT2D eigenvalue weighted by Gasteiger charge is -2.43. The number of benzene rings is 1. The maximum atomic E-state index is 13.3. The van der Waals surface area contributed by atoms with Gasteiger partial charge in [0.25, 0.3) is 0 Å². The SMILES string of the molecule is CC(C)C(NC(=O)O)C1CN[C@H](C(=O)N2CCN(c3ccccc3)CC2)[C@@H](C(=O)NO)C1. The number of amides is 3. The van der Waals surface area contributed by atoms with Crippen molar-refractivity contribution in [2.75, 3.05) is 37.6 Å². The third-order valence-corrected chi connectivity index (χ3v) is 6.50. The van der Waals surface area contributed by atoms with Crippen molar-refractivity contribution in [1.29, 1.82) is 0 Å². The van der Waals surface area contributed by atoms with Gasteiger partial charge >= 0.3 is 6.09 Å². The number of nitrogens with one attached hydrogen (secondary N) is 3. The van der Waals surface area contributed by atoms with Crippen molar-refractivity contribution in [1.82, 2.24) is 21.0 Å². The highest BCUT2D eigenvalue weighted by Crippen LogP contribution is 2.28. The molecule has 32 heavy (non-hydrogen) atoms. The van der Waals surface area contributed by atoms with Crippen molar-refractivity contribution in [3.05, 3.63) is 30.3 Å². The number of carbonyl (C=O) groups is 3. The standard InChI is InChI=1S/C22H33N5O5/c1-14(2)18(24-22(30)31)15-12-17(20(28)25-32)19(23-13-15)21(29)27-10-8-26(9-11-27)16-6-4-3-5-7-16/h3-7,14-15,17-19,23-24,32H,8-13H2,1-2H3,(H,25,28)(H,30,31)/t15?,17-,18?,19-/m0/s1. The summed E-state index contributed by atoms with van der Waals surface area (Å²) in [5.74, 6) is -1.78. The van der Waals surface area contributed by atoms with Crippen LogP contribution >= 0.6 is 0 Å². The molecule has 5 N–H and O–H groups in total. The molecule has 2 heterocycles. The Morgan fingerprint density at radius 2 is 1.75 bits per heavy atom. The number of para-hydroxylation sites is 1. The second-order valence-corrected chi connectivity index (χ2v) is 8.83. The van der Waals surface area contributed by atoms with Crippen LogP contribution in [0, 0.1) is 17.8 Å². The summed E-state index contributed by atoms with van der Waals surface area (Å²) in [6.45, 7) is 6.69. The van der Waals surface area contributed by atoms with E-state index in [2.05, 4.69) is 15.5 Å². The van der Waals surface area contributed by atoms with Crippen LogP contribution in [0.5, 0.6) is 0 Å². The van der Waals surface area contributed by atoms with E-state index in [-0.39, 0.29) is 23.8 Å². The summed E-state index contributed by atoms with van der Waals surface area (Å²) in [6.07, 6.45) is -0.829. The summed E-state index contributed by atoms with van der Waals surface area (Å²) in [5.41, 5.74) is 2.80. The number of rotatable bonds is 6. The van der Waals surface area contributed by atoms with E-state index in [1.165, 1.54) is 0 Å². The number of piperidine rings is 1. The Balaban J connectivity index is 1.66. The summed E-state index contributed by atoms with van der Waals surface area (Å²) in [4.78, 5) is 40.9. The fourth-order valence-corrected chi connectivity index (χ4v) is 4.83. The second kappa shape index (κ2) is 10.6. The highest BCUT2D eigenvalue weighted by atomic mass is 16.5. The molecule has 3 rings (SSSR count). The van der Waals surface area contributed by atoms with E-state index in [1.54, 1.807) is 10.4 Å². The van der Waals surface area contributed by atoms with Gasteiger partial charge in [-0.05, 0) is 30.4 Å². The van der Waals surface area contributed by atoms with Crippen molar-refractivity contribution in [3.8, 4) is 0 Å². The molecule has 0 bridgehead atoms. The molecule has 0 aliphatic carbocycles. The summed E-state index contributed by atoms with van der Waals surface area (Å²) in [7, 11) is 0. The number of anilines is 1. The number of hydroxylamine groups is 1. The van der Waals surface area contributed by atoms with Gasteiger partial charge in [0, 0.05) is 44.5 Å². The lowest BCUT2D eigenvalue weighted by atomic mass is 9.77. The van der Waals surface area contributed by atoms with Gasteiger partial charge in [0.2, 0.25) is 11.8 Å². The molecule has 1 aromatic rings. The van der Waals surface area contributed by atoms with Gasteiger partial charge in [0.05, 0.1) is 12.0 Å². The highest BCUT2D eigenvalue weighted by Gasteiger charge is 2.43. The molecule has 0 radical (unpaired) electrons. The van der Waals surface area contributed by atoms with Crippen molar-refractivity contribution >= 4 is 23.6 Å². The predicted octanol–water partition coefficient (Wildman–Crippen LogP) is 0.727. The Morgan fingerprint density at radius 1 is 1.09 bits per heavy atom. The molecule has 176 valence electrons. The summed E-state index contributed by atoms with van der Waals surface area (Å²) in [5, 5.41) is 24.2. The summed E-state index contributed by atoms with van der Waals surface area (Å²) >= 11 is 0. The molecule has 1 aromatic carbocycles. The molecule has 2 aliphatic rings. The largest absolute Gasteiger partial charge is 0.465 e. The van der Waals surface area contributed by atoms with Gasteiger partial charge in [0.1, 0.15) is 0 Å². The maximum Gasteiger partial charge on any atom is 0.404 e. The van der Waals surface area contributed by atoms with E-state index in [0.29, 0.717) is 39.1 Å². The average molecular weight is 448 g/mol. The minimum atomic E-state index is -1.12. The van der Waals surface area contributed by atoms with E-state index >= 15 is 0 Å². The molecule has 2 aliphatic heterocycles. The second-order valence-electron chi connectivity index (χ2n) is 8.83. The third-order valence-electron chi connectivity index (χ3n) is 6.50. The van der Waals surface area contributed by atoms with Crippen molar-refractivity contribution in [3.63, 3.8) is 0 Å². The smallest absolute Gasteiger partial charge is 0.404 e. The van der Waals surface area contributed by atoms with Crippen LogP contribution in [0.2, 0.25) is 0 Å². The monoisotopic (exact) mass is 447 g/mol. The quantitative estimate of drug-likeness (QED) is 0.321. The van der Waals surface area contributed by atoms with Gasteiger partial charge in [-0.25, -0.2) is 10.3 Å². The number of hydrogen-bond acceptors (Lipinski definition) is 6. The van der Waals surface area contributed by atoms with Crippen molar-refractivity contribution in [2.24, 2.45) is 17.8 Å². The Kier molecular flexibility index (Phi) is 7.92. The molecule has 0 aromatic heterocycles. The van der Waals surface area contributed by atoms with Crippen LogP contribution in [0.3, 0.4) is 0 Å². The van der Waals surface area contributed by atoms with Gasteiger partial charge in [-0.1, -0.05) is 32.0 Å². The summed E-state index contributed by atoms with van der Waals surface area (Å²) < 4.78 is 0. The Hall–Kier alpha value is -2.85. The number of nitrogens with zero attached hydrogens (tertiary/aromatic N) is 2. The number of carbonyl (C=O) groups excluding carboxylic acids is 2. The van der Waals surface area contributed by atoms with Gasteiger partial charge in [-0.15, -0.1) is 0 Å². The molecule has 10 nitrogen and oxygen atoms in total. The van der Waals surface area contributed by atoms with Gasteiger partial charge in [-0.3, -0.25) is 14.8 Å². The molecule has 2 fully saturated rings. The molecule has 0 spiro atoms. The maximum absolute atomic E-state index is 13.3. The average Bonchev–Trinajstić information content (AvgIpc) is 2.81. The van der Waals surface area contributed by atoms with E-state index in [4.69, 9.17) is 0 Å². The predicted molar refractivity (Wildman–Crippen MR) is 118 cm³/mol. The minimum Gasteiger partial charge on any atom is -0.465 e. The van der Waals surface area contributed by atoms with Crippen LogP contribution in [-0.2, 0) is 9.59 Å². The lowest BCUT2D eigenvalue weighted by Crippen LogP contribution is -2.63. The first-order valence-corrected chi connectivity index (χ1v) is 11.1. The van der Waals surface area contributed by atoms with Crippen LogP contribution in [0.15, 0.2) is 30.3 Å². The molecule has 4 atom stereocenters. The molecule has 10 heteroatoms. The van der Waals surface area contributed by atoms with E-state index in [9.17, 15) is 24.7 Å². The third kappa shape index (κ3) is 5.49. The zero-order chi connectivity index (χ0) is 23.3. The van der Waals surface area contributed by atoms with Crippen LogP contribution < -0.4 is 21.0 Å². The Morgan fingerprint density at radius 3 is 2.31 bits per heavy atom. The van der Waals surface area contributed by atoms with E-state index in [1.807, 2.05) is 44.2 Å². The summed E-state index contributed by atoms with van der Waals surface area (Å²) in [6, 6.07) is 8.87. The Bertz CT molecular complexity index is 797. The molecule has 2 unspecified atom stereocenters. The first-order chi connectivity index (χ1) is 15.3. The Labute approximate surface area is 187 Å². The van der Waals surface area contributed by atoms with Crippen molar-refractivity contribution < 1.29 is 24.7 Å². The van der Waals surface area contributed by atoms with Gasteiger partial charge < -0.3 is 25.5 Å². The number of hydrogen-bond donors (Lipinski definition) is 5. The first kappa shape index (κ1) is 23.8. The molecule has 3 amide bonds. The fraction of sp³-hybridized carbons (Fsp3) is 0.591. The van der Waals surface area contributed by atoms with Crippen LogP contribution in [-0.4, -0.2) is 77.9 Å². The van der Waals surface area contributed by atoms with E-state index < -0.39 is 24.0 Å². The van der Waals surface area contributed by atoms with Gasteiger partial charge in [-0.2, -0.15) is 0 Å². The molecular weight excluding hydrogens is 414 g/mol. The van der Waals surface area contributed by atoms with Gasteiger partial charge in [0.15, 0.2) is 0 Å². The molecular formula is C22H33N5O5. The number of piperazine rings is 1. The lowest BCUT2D eigenvalue weighted by molar-refractivity contribution is -0.145. The first-order valence-electron chi connectivity index (χ1n) is 11.1. The highest BCUT2D eigenvalue weighted by molar-refractivity contribution is 5.90. The molecule has 2 saturated heterocycles. The zero-order valence-electron chi connectivity index (χ0n) is 18.5. The topological polar surface area (TPSA) is 134 Å². The van der Waals surface area contributed by atoms with Crippen LogP contribution in [0.4, 0.5) is 10.5 Å². The number of carboxylic acid groups (broad SMARTS) is 1. The zero-order valence-corrected chi connectivity index (χ0v) is 18.5. The fourth-order valence-electron chi connectivity index (χ4n) is 4.83. The normalized spacial score (nSPS) is 24.7. The molecule has 0 saturated carbocycles. The van der Waals surface area contributed by atoms with E-state index in [0.717, 1.165) is 5.69 Å². The van der Waals surface area contributed by atoms with Crippen molar-refractivity contribution in [2.45, 2.75) is 32.4 Å². The minimum absolute atomic E-state index is 0.00838. The van der Waals surface area contributed by atoms with Crippen LogP contribution in [0.25, 0.3) is 0 Å². The van der Waals surface area contributed by atoms with Crippen LogP contribution in [0.1, 0.15) is 20.3 Å².